The number of nitrogens with one attached hydrogen (secondary N) is 1. The maximum Gasteiger partial charge on any atom is 0.237 e. The fourth-order valence-corrected chi connectivity index (χ4v) is 3.46. The number of aromatic nitrogens is 3. The van der Waals surface area contributed by atoms with Gasteiger partial charge in [0.25, 0.3) is 0 Å². The summed E-state index contributed by atoms with van der Waals surface area (Å²) in [5.74, 6) is -0.0621. The van der Waals surface area contributed by atoms with E-state index in [1.807, 2.05) is 72.1 Å². The van der Waals surface area contributed by atoms with Crippen molar-refractivity contribution in [1.29, 1.82) is 0 Å². The molecule has 0 aliphatic carbocycles. The van der Waals surface area contributed by atoms with E-state index in [0.717, 1.165) is 22.1 Å². The number of thioether (sulfide) groups is 1. The van der Waals surface area contributed by atoms with Gasteiger partial charge in [0, 0.05) is 11.9 Å². The first-order chi connectivity index (χ1) is 12.2. The summed E-state index contributed by atoms with van der Waals surface area (Å²) in [6.07, 6.45) is 1.89. The van der Waals surface area contributed by atoms with Gasteiger partial charge in [0.1, 0.15) is 0 Å². The Hall–Kier alpha value is -2.86. The van der Waals surface area contributed by atoms with Gasteiger partial charge < -0.3 is 5.32 Å². The van der Waals surface area contributed by atoms with E-state index in [1.54, 1.807) is 0 Å². The average Bonchev–Trinajstić information content (AvgIpc) is 3.04. The van der Waals surface area contributed by atoms with Crippen LogP contribution in [0, 0.1) is 0 Å². The lowest BCUT2D eigenvalue weighted by molar-refractivity contribution is -0.115. The van der Waals surface area contributed by atoms with Crippen molar-refractivity contribution in [2.45, 2.75) is 17.3 Å². The zero-order valence-electron chi connectivity index (χ0n) is 13.6. The molecule has 0 unspecified atom stereocenters. The van der Waals surface area contributed by atoms with Crippen LogP contribution in [0.1, 0.15) is 6.92 Å². The quantitative estimate of drug-likeness (QED) is 0.566. The topological polar surface area (TPSA) is 59.3 Å². The molecule has 0 aliphatic heterocycles. The van der Waals surface area contributed by atoms with Crippen molar-refractivity contribution in [3.8, 4) is 0 Å². The molecule has 5 nitrogen and oxygen atoms in total. The van der Waals surface area contributed by atoms with Gasteiger partial charge in [-0.2, -0.15) is 0 Å². The first kappa shape index (κ1) is 15.7. The van der Waals surface area contributed by atoms with E-state index < -0.39 is 0 Å². The van der Waals surface area contributed by atoms with Crippen molar-refractivity contribution in [3.05, 3.63) is 66.9 Å². The number of hydrogen-bond acceptors (Lipinski definition) is 4. The van der Waals surface area contributed by atoms with Crippen LogP contribution in [0.15, 0.2) is 72.0 Å². The van der Waals surface area contributed by atoms with Gasteiger partial charge in [-0.05, 0) is 42.0 Å². The minimum absolute atomic E-state index is 0.0621. The summed E-state index contributed by atoms with van der Waals surface area (Å²) >= 11 is 1.39. The minimum atomic E-state index is -0.293. The summed E-state index contributed by atoms with van der Waals surface area (Å²) in [5.41, 5.74) is 1.56. The van der Waals surface area contributed by atoms with Crippen molar-refractivity contribution >= 4 is 39.8 Å². The Morgan fingerprint density at radius 2 is 1.84 bits per heavy atom. The Bertz CT molecular complexity index is 1060. The summed E-state index contributed by atoms with van der Waals surface area (Å²) < 4.78 is 1.88. The van der Waals surface area contributed by atoms with Crippen molar-refractivity contribution in [1.82, 2.24) is 14.6 Å². The van der Waals surface area contributed by atoms with Crippen LogP contribution in [0.2, 0.25) is 0 Å². The zero-order valence-corrected chi connectivity index (χ0v) is 14.4. The van der Waals surface area contributed by atoms with Crippen LogP contribution in [0.25, 0.3) is 16.4 Å². The Balaban J connectivity index is 1.49. The van der Waals surface area contributed by atoms with E-state index in [0.29, 0.717) is 5.16 Å². The highest BCUT2D eigenvalue weighted by atomic mass is 32.2. The molecular formula is C19H16N4OS. The molecule has 0 saturated heterocycles. The van der Waals surface area contributed by atoms with Crippen molar-refractivity contribution in [2.75, 3.05) is 5.32 Å². The highest BCUT2D eigenvalue weighted by Gasteiger charge is 2.18. The summed E-state index contributed by atoms with van der Waals surface area (Å²) in [7, 11) is 0. The lowest BCUT2D eigenvalue weighted by Gasteiger charge is -2.11. The van der Waals surface area contributed by atoms with Crippen LogP contribution in [0.4, 0.5) is 5.69 Å². The Morgan fingerprint density at radius 3 is 2.72 bits per heavy atom. The second-order valence-electron chi connectivity index (χ2n) is 5.72. The molecular weight excluding hydrogens is 332 g/mol. The molecule has 1 atom stereocenters. The number of rotatable bonds is 4. The molecule has 0 radical (unpaired) electrons. The smallest absolute Gasteiger partial charge is 0.237 e. The largest absolute Gasteiger partial charge is 0.325 e. The molecule has 25 heavy (non-hydrogen) atoms. The third kappa shape index (κ3) is 3.21. The zero-order chi connectivity index (χ0) is 17.2. The summed E-state index contributed by atoms with van der Waals surface area (Å²) in [6.45, 7) is 1.87. The fraction of sp³-hybridized carbons (Fsp3) is 0.105. The van der Waals surface area contributed by atoms with Gasteiger partial charge in [0.2, 0.25) is 5.91 Å². The van der Waals surface area contributed by atoms with Crippen LogP contribution < -0.4 is 5.32 Å². The maximum atomic E-state index is 12.5. The highest BCUT2D eigenvalue weighted by molar-refractivity contribution is 8.00. The summed E-state index contributed by atoms with van der Waals surface area (Å²) in [6, 6.07) is 19.7. The fourth-order valence-electron chi connectivity index (χ4n) is 2.62. The van der Waals surface area contributed by atoms with Gasteiger partial charge in [-0.25, -0.2) is 0 Å². The Morgan fingerprint density at radius 1 is 1.04 bits per heavy atom. The second kappa shape index (κ2) is 6.57. The van der Waals surface area contributed by atoms with Gasteiger partial charge in [0.15, 0.2) is 10.8 Å². The number of pyridine rings is 1. The third-order valence-corrected chi connectivity index (χ3v) is 5.01. The molecule has 4 aromatic rings. The first-order valence-corrected chi connectivity index (χ1v) is 8.85. The molecule has 0 spiro atoms. The van der Waals surface area contributed by atoms with Crippen LogP contribution in [-0.4, -0.2) is 25.8 Å². The van der Waals surface area contributed by atoms with E-state index in [1.165, 1.54) is 11.8 Å². The SMILES string of the molecule is C[C@@H](Sc1nnc2ccccn12)C(=O)Nc1ccc2ccccc2c1. The molecule has 1 N–H and O–H groups in total. The number of benzene rings is 2. The van der Waals surface area contributed by atoms with E-state index in [2.05, 4.69) is 21.6 Å². The minimum Gasteiger partial charge on any atom is -0.325 e. The summed E-state index contributed by atoms with van der Waals surface area (Å²) in [4.78, 5) is 12.5. The predicted octanol–water partition coefficient (Wildman–Crippen LogP) is 4.00. The lowest BCUT2D eigenvalue weighted by Crippen LogP contribution is -2.22. The summed E-state index contributed by atoms with van der Waals surface area (Å²) in [5, 5.41) is 13.9. The molecule has 2 aromatic carbocycles. The number of amides is 1. The van der Waals surface area contributed by atoms with Crippen LogP contribution >= 0.6 is 11.8 Å². The van der Waals surface area contributed by atoms with Crippen molar-refractivity contribution < 1.29 is 4.79 Å². The lowest BCUT2D eigenvalue weighted by atomic mass is 10.1. The normalized spacial score (nSPS) is 12.4. The molecule has 124 valence electrons. The van der Waals surface area contributed by atoms with E-state index in [4.69, 9.17) is 0 Å². The van der Waals surface area contributed by atoms with Gasteiger partial charge in [-0.15, -0.1) is 10.2 Å². The van der Waals surface area contributed by atoms with Gasteiger partial charge in [0.05, 0.1) is 5.25 Å². The van der Waals surface area contributed by atoms with E-state index in [9.17, 15) is 4.79 Å². The van der Waals surface area contributed by atoms with Gasteiger partial charge >= 0.3 is 0 Å². The Kier molecular flexibility index (Phi) is 4.11. The standard InChI is InChI=1S/C19H16N4OS/c1-13(25-19-22-21-17-8-4-5-11-23(17)19)18(24)20-16-10-9-14-6-2-3-7-15(14)12-16/h2-13H,1H3,(H,20,24)/t13-/m1/s1. The molecule has 2 heterocycles. The monoisotopic (exact) mass is 348 g/mol. The maximum absolute atomic E-state index is 12.5. The Labute approximate surface area is 149 Å². The van der Waals surface area contributed by atoms with Gasteiger partial charge in [-0.3, -0.25) is 9.20 Å². The number of hydrogen-bond donors (Lipinski definition) is 1. The molecule has 0 aliphatic rings. The molecule has 0 bridgehead atoms. The molecule has 4 rings (SSSR count). The van der Waals surface area contributed by atoms with Crippen molar-refractivity contribution in [2.24, 2.45) is 0 Å². The second-order valence-corrected chi connectivity index (χ2v) is 7.03. The number of anilines is 1. The van der Waals surface area contributed by atoms with Crippen LogP contribution in [0.3, 0.4) is 0 Å². The van der Waals surface area contributed by atoms with Crippen molar-refractivity contribution in [3.63, 3.8) is 0 Å². The molecule has 2 aromatic heterocycles. The third-order valence-electron chi connectivity index (χ3n) is 3.95. The molecule has 1 amide bonds. The molecule has 6 heteroatoms. The highest BCUT2D eigenvalue weighted by Crippen LogP contribution is 2.24. The molecule has 0 fully saturated rings. The molecule has 0 saturated carbocycles. The number of fused-ring (bicyclic) bond motifs is 2. The van der Waals surface area contributed by atoms with Crippen LogP contribution in [-0.2, 0) is 4.79 Å². The number of carbonyl (C=O) groups excluding carboxylic acids is 1. The van der Waals surface area contributed by atoms with Crippen LogP contribution in [0.5, 0.6) is 0 Å². The van der Waals surface area contributed by atoms with E-state index in [-0.39, 0.29) is 11.2 Å². The first-order valence-electron chi connectivity index (χ1n) is 7.97. The number of nitrogens with zero attached hydrogens (tertiary/aromatic N) is 3. The van der Waals surface area contributed by atoms with Gasteiger partial charge in [-0.1, -0.05) is 48.2 Å². The number of carbonyl (C=O) groups is 1. The average molecular weight is 348 g/mol. The van der Waals surface area contributed by atoms with E-state index >= 15 is 0 Å². The predicted molar refractivity (Wildman–Crippen MR) is 101 cm³/mol.